The van der Waals surface area contributed by atoms with Gasteiger partial charge in [-0.1, -0.05) is 42.5 Å². The highest BCUT2D eigenvalue weighted by Gasteiger charge is 1.99. The Morgan fingerprint density at radius 2 is 1.42 bits per heavy atom. The van der Waals surface area contributed by atoms with Crippen LogP contribution in [0, 0.1) is 5.82 Å². The first-order chi connectivity index (χ1) is 11.6. The largest absolute Gasteiger partial charge is 0.361 e. The predicted molar refractivity (Wildman–Crippen MR) is 103 cm³/mol. The summed E-state index contributed by atoms with van der Waals surface area (Å²) in [6.45, 7) is 1.23. The number of halogens is 1. The van der Waals surface area contributed by atoms with Gasteiger partial charge in [-0.2, -0.15) is 0 Å². The Kier molecular flexibility index (Phi) is 7.38. The molecule has 0 saturated heterocycles. The van der Waals surface area contributed by atoms with E-state index in [1.807, 2.05) is 18.2 Å². The van der Waals surface area contributed by atoms with Gasteiger partial charge in [-0.05, 0) is 54.1 Å². The maximum atomic E-state index is 12.8. The minimum Gasteiger partial charge on any atom is -0.361 e. The number of hydrazine groups is 1. The minimum atomic E-state index is -0.256. The summed E-state index contributed by atoms with van der Waals surface area (Å²) in [6.07, 6.45) is 0.885. The van der Waals surface area contributed by atoms with E-state index < -0.39 is 0 Å². The van der Waals surface area contributed by atoms with Gasteiger partial charge >= 0.3 is 0 Å². The fourth-order valence-corrected chi connectivity index (χ4v) is 2.23. The molecule has 2 aromatic carbocycles. The van der Waals surface area contributed by atoms with Crippen LogP contribution in [0.3, 0.4) is 0 Å². The van der Waals surface area contributed by atoms with Crippen molar-refractivity contribution in [2.24, 2.45) is 0 Å². The third-order valence-electron chi connectivity index (χ3n) is 3.20. The zero-order valence-corrected chi connectivity index (χ0v) is 14.6. The predicted octanol–water partition coefficient (Wildman–Crippen LogP) is 2.41. The second-order valence-corrected chi connectivity index (χ2v) is 5.87. The Hall–Kier alpha value is -2.25. The minimum absolute atomic E-state index is 0.256. The Labute approximate surface area is 151 Å². The van der Waals surface area contributed by atoms with Gasteiger partial charge in [0, 0.05) is 13.1 Å². The van der Waals surface area contributed by atoms with E-state index >= 15 is 0 Å². The third kappa shape index (κ3) is 6.89. The maximum Gasteiger partial charge on any atom is 0.185 e. The van der Waals surface area contributed by atoms with Crippen molar-refractivity contribution in [2.75, 3.05) is 6.54 Å². The van der Waals surface area contributed by atoms with Crippen molar-refractivity contribution in [3.63, 3.8) is 0 Å². The maximum absolute atomic E-state index is 12.8. The highest BCUT2D eigenvalue weighted by molar-refractivity contribution is 7.80. The second-order valence-electron chi connectivity index (χ2n) is 5.05. The van der Waals surface area contributed by atoms with E-state index in [9.17, 15) is 4.39 Å². The van der Waals surface area contributed by atoms with Gasteiger partial charge in [0.1, 0.15) is 5.82 Å². The monoisotopic (exact) mass is 362 g/mol. The normalized spacial score (nSPS) is 9.88. The molecule has 0 heterocycles. The summed E-state index contributed by atoms with van der Waals surface area (Å²) in [5.41, 5.74) is 7.81. The summed E-state index contributed by atoms with van der Waals surface area (Å²) in [4.78, 5) is 0. The summed E-state index contributed by atoms with van der Waals surface area (Å²) < 4.78 is 12.8. The van der Waals surface area contributed by atoms with Crippen LogP contribution in [0.25, 0.3) is 0 Å². The fourth-order valence-electron chi connectivity index (χ4n) is 1.95. The van der Waals surface area contributed by atoms with E-state index in [0.717, 1.165) is 18.5 Å². The smallest absolute Gasteiger partial charge is 0.185 e. The molecule has 7 heteroatoms. The third-order valence-corrected chi connectivity index (χ3v) is 3.69. The average molecular weight is 362 g/mol. The first kappa shape index (κ1) is 18.1. The lowest BCUT2D eigenvalue weighted by atomic mass is 10.1. The number of thiocarbonyl (C=S) groups is 2. The van der Waals surface area contributed by atoms with E-state index in [1.54, 1.807) is 12.1 Å². The van der Waals surface area contributed by atoms with Gasteiger partial charge < -0.3 is 10.6 Å². The Bertz CT molecular complexity index is 662. The molecule has 126 valence electrons. The lowest BCUT2D eigenvalue weighted by molar-refractivity contribution is 0.626. The van der Waals surface area contributed by atoms with E-state index in [0.29, 0.717) is 16.8 Å². The van der Waals surface area contributed by atoms with Gasteiger partial charge in [-0.15, -0.1) is 0 Å². The molecule has 0 unspecified atom stereocenters. The van der Waals surface area contributed by atoms with Crippen LogP contribution in [-0.4, -0.2) is 16.8 Å². The van der Waals surface area contributed by atoms with Crippen molar-refractivity contribution in [3.05, 3.63) is 71.5 Å². The highest BCUT2D eigenvalue weighted by Crippen LogP contribution is 2.01. The molecule has 2 aromatic rings. The summed E-state index contributed by atoms with van der Waals surface area (Å²) in [6, 6.07) is 16.4. The van der Waals surface area contributed by atoms with E-state index in [1.165, 1.54) is 17.7 Å². The molecule has 0 saturated carbocycles. The highest BCUT2D eigenvalue weighted by atomic mass is 32.1. The van der Waals surface area contributed by atoms with Crippen molar-refractivity contribution < 1.29 is 4.39 Å². The fraction of sp³-hybridized carbons (Fsp3) is 0.176. The lowest BCUT2D eigenvalue weighted by Gasteiger charge is -2.14. The van der Waals surface area contributed by atoms with E-state index in [4.69, 9.17) is 24.4 Å². The van der Waals surface area contributed by atoms with Crippen molar-refractivity contribution >= 4 is 34.7 Å². The SMILES string of the molecule is Fc1ccc(CNC(=S)NNC(=S)NCCc2ccccc2)cc1. The molecule has 0 aliphatic heterocycles. The van der Waals surface area contributed by atoms with Crippen molar-refractivity contribution in [2.45, 2.75) is 13.0 Å². The summed E-state index contributed by atoms with van der Waals surface area (Å²) in [7, 11) is 0. The summed E-state index contributed by atoms with van der Waals surface area (Å²) in [5, 5.41) is 6.98. The van der Waals surface area contributed by atoms with Gasteiger partial charge in [-0.3, -0.25) is 10.9 Å². The topological polar surface area (TPSA) is 48.1 Å². The van der Waals surface area contributed by atoms with Crippen LogP contribution in [-0.2, 0) is 13.0 Å². The lowest BCUT2D eigenvalue weighted by Crippen LogP contribution is -2.50. The zero-order valence-electron chi connectivity index (χ0n) is 13.0. The first-order valence-electron chi connectivity index (χ1n) is 7.49. The molecule has 0 bridgehead atoms. The molecule has 0 spiro atoms. The van der Waals surface area contributed by atoms with E-state index in [2.05, 4.69) is 33.6 Å². The van der Waals surface area contributed by atoms with Crippen LogP contribution < -0.4 is 21.5 Å². The second kappa shape index (κ2) is 9.79. The van der Waals surface area contributed by atoms with Gasteiger partial charge in [-0.25, -0.2) is 4.39 Å². The van der Waals surface area contributed by atoms with Crippen molar-refractivity contribution in [1.29, 1.82) is 0 Å². The number of hydrogen-bond donors (Lipinski definition) is 4. The average Bonchev–Trinajstić information content (AvgIpc) is 2.60. The molecule has 0 aromatic heterocycles. The van der Waals surface area contributed by atoms with Crippen molar-refractivity contribution in [3.8, 4) is 0 Å². The number of hydrogen-bond acceptors (Lipinski definition) is 2. The molecular weight excluding hydrogens is 343 g/mol. The molecule has 24 heavy (non-hydrogen) atoms. The zero-order chi connectivity index (χ0) is 17.2. The Morgan fingerprint density at radius 3 is 2.08 bits per heavy atom. The molecule has 4 nitrogen and oxygen atoms in total. The van der Waals surface area contributed by atoms with E-state index in [-0.39, 0.29) is 5.82 Å². The van der Waals surface area contributed by atoms with Gasteiger partial charge in [0.05, 0.1) is 0 Å². The number of benzene rings is 2. The standard InChI is InChI=1S/C17H19FN4S2/c18-15-8-6-14(7-9-15)12-20-17(24)22-21-16(23)19-11-10-13-4-2-1-3-5-13/h1-9H,10-12H2,(H2,19,21,23)(H2,20,22,24). The van der Waals surface area contributed by atoms with Crippen LogP contribution in [0.1, 0.15) is 11.1 Å². The van der Waals surface area contributed by atoms with Gasteiger partial charge in [0.2, 0.25) is 0 Å². The molecule has 4 N–H and O–H groups in total. The molecule has 0 amide bonds. The molecule has 0 radical (unpaired) electrons. The van der Waals surface area contributed by atoms with Gasteiger partial charge in [0.25, 0.3) is 0 Å². The van der Waals surface area contributed by atoms with Crippen LogP contribution in [0.15, 0.2) is 54.6 Å². The molecule has 0 aliphatic carbocycles. The van der Waals surface area contributed by atoms with Crippen LogP contribution in [0.4, 0.5) is 4.39 Å². The molecular formula is C17H19FN4S2. The summed E-state index contributed by atoms with van der Waals surface area (Å²) in [5.74, 6) is -0.256. The van der Waals surface area contributed by atoms with Crippen LogP contribution in [0.5, 0.6) is 0 Å². The Balaban J connectivity index is 1.59. The quantitative estimate of drug-likeness (QED) is 0.484. The van der Waals surface area contributed by atoms with Crippen molar-refractivity contribution in [1.82, 2.24) is 21.5 Å². The molecule has 0 aliphatic rings. The molecule has 0 fully saturated rings. The summed E-state index contributed by atoms with van der Waals surface area (Å²) >= 11 is 10.3. The molecule has 0 atom stereocenters. The first-order valence-corrected chi connectivity index (χ1v) is 8.31. The molecule has 2 rings (SSSR count). The van der Waals surface area contributed by atoms with Gasteiger partial charge in [0.15, 0.2) is 10.2 Å². The number of nitrogens with one attached hydrogen (secondary N) is 4. The van der Waals surface area contributed by atoms with Crippen LogP contribution >= 0.6 is 24.4 Å². The van der Waals surface area contributed by atoms with Crippen LogP contribution in [0.2, 0.25) is 0 Å². The Morgan fingerprint density at radius 1 is 0.792 bits per heavy atom. The number of rotatable bonds is 5.